The van der Waals surface area contributed by atoms with Crippen molar-refractivity contribution in [2.75, 3.05) is 13.7 Å². The molecule has 0 unspecified atom stereocenters. The van der Waals surface area contributed by atoms with Crippen LogP contribution in [0, 0.1) is 5.92 Å². The van der Waals surface area contributed by atoms with Crippen molar-refractivity contribution < 1.29 is 9.84 Å². The summed E-state index contributed by atoms with van der Waals surface area (Å²) in [4.78, 5) is 0. The van der Waals surface area contributed by atoms with Crippen molar-refractivity contribution in [3.63, 3.8) is 0 Å². The van der Waals surface area contributed by atoms with Gasteiger partial charge in [-0.2, -0.15) is 0 Å². The predicted octanol–water partition coefficient (Wildman–Crippen LogP) is 1.53. The fourth-order valence-corrected chi connectivity index (χ4v) is 1.49. The summed E-state index contributed by atoms with van der Waals surface area (Å²) in [5, 5.41) is 9.61. The lowest BCUT2D eigenvalue weighted by atomic mass is 9.80. The van der Waals surface area contributed by atoms with Crippen molar-refractivity contribution in [1.82, 2.24) is 0 Å². The van der Waals surface area contributed by atoms with Gasteiger partial charge in [0, 0.05) is 13.0 Å². The lowest BCUT2D eigenvalue weighted by Crippen LogP contribution is -2.30. The monoisotopic (exact) mass is 157 g/mol. The van der Waals surface area contributed by atoms with Crippen LogP contribution in [-0.2, 0) is 4.74 Å². The van der Waals surface area contributed by atoms with Crippen LogP contribution in [0.15, 0.2) is 0 Å². The van der Waals surface area contributed by atoms with Crippen LogP contribution in [0.4, 0.5) is 0 Å². The van der Waals surface area contributed by atoms with Crippen LogP contribution in [0.5, 0.6) is 0 Å². The molecular formula is C9H17O2. The first-order chi connectivity index (χ1) is 5.14. The van der Waals surface area contributed by atoms with E-state index in [1.54, 1.807) is 7.11 Å². The molecule has 0 spiro atoms. The second-order valence-electron chi connectivity index (χ2n) is 3.68. The highest BCUT2D eigenvalue weighted by Gasteiger charge is 2.28. The Kier molecular flexibility index (Phi) is 2.90. The zero-order valence-electron chi connectivity index (χ0n) is 7.39. The minimum atomic E-state index is -0.419. The molecule has 0 atom stereocenters. The summed E-state index contributed by atoms with van der Waals surface area (Å²) in [6.45, 7) is 2.69. The van der Waals surface area contributed by atoms with Crippen molar-refractivity contribution in [2.24, 2.45) is 0 Å². The summed E-state index contributed by atoms with van der Waals surface area (Å²) >= 11 is 0. The van der Waals surface area contributed by atoms with Gasteiger partial charge >= 0.3 is 0 Å². The van der Waals surface area contributed by atoms with Crippen LogP contribution in [0.1, 0.15) is 32.6 Å². The quantitative estimate of drug-likeness (QED) is 0.658. The summed E-state index contributed by atoms with van der Waals surface area (Å²) in [5.41, 5.74) is -0.419. The van der Waals surface area contributed by atoms with Gasteiger partial charge in [-0.1, -0.05) is 0 Å². The van der Waals surface area contributed by atoms with E-state index in [4.69, 9.17) is 4.74 Å². The van der Waals surface area contributed by atoms with Gasteiger partial charge in [0.1, 0.15) is 0 Å². The fraction of sp³-hybridized carbons (Fsp3) is 0.889. The third-order valence-corrected chi connectivity index (χ3v) is 2.38. The molecule has 1 aliphatic carbocycles. The molecule has 1 radical (unpaired) electrons. The van der Waals surface area contributed by atoms with Gasteiger partial charge in [0.05, 0.1) is 12.2 Å². The topological polar surface area (TPSA) is 29.5 Å². The largest absolute Gasteiger partial charge is 0.390 e. The average molecular weight is 157 g/mol. The standard InChI is InChI=1S/C9H17O2/c1-9(10)5-3-8(4-6-9)7-11-2/h10H,3-7H2,1-2H3. The van der Waals surface area contributed by atoms with E-state index >= 15 is 0 Å². The minimum Gasteiger partial charge on any atom is -0.390 e. The van der Waals surface area contributed by atoms with E-state index in [0.717, 1.165) is 32.3 Å². The molecule has 65 valence electrons. The van der Waals surface area contributed by atoms with Gasteiger partial charge in [-0.05, 0) is 32.6 Å². The van der Waals surface area contributed by atoms with Crippen LogP contribution < -0.4 is 0 Å². The summed E-state index contributed by atoms with van der Waals surface area (Å²) in [7, 11) is 1.72. The van der Waals surface area contributed by atoms with Crippen molar-refractivity contribution in [3.05, 3.63) is 5.92 Å². The second-order valence-corrected chi connectivity index (χ2v) is 3.68. The third-order valence-electron chi connectivity index (χ3n) is 2.38. The van der Waals surface area contributed by atoms with Gasteiger partial charge in [-0.25, -0.2) is 0 Å². The Morgan fingerprint density at radius 2 is 2.00 bits per heavy atom. The number of aliphatic hydroxyl groups is 1. The predicted molar refractivity (Wildman–Crippen MR) is 44.2 cm³/mol. The average Bonchev–Trinajstić information content (AvgIpc) is 1.94. The number of ether oxygens (including phenoxy) is 1. The highest BCUT2D eigenvalue weighted by molar-refractivity contribution is 4.98. The molecular weight excluding hydrogens is 140 g/mol. The molecule has 1 fully saturated rings. The maximum absolute atomic E-state index is 9.61. The number of hydrogen-bond acceptors (Lipinski definition) is 2. The molecule has 0 aliphatic heterocycles. The number of hydrogen-bond donors (Lipinski definition) is 1. The number of rotatable bonds is 2. The van der Waals surface area contributed by atoms with Crippen LogP contribution in [0.25, 0.3) is 0 Å². The summed E-state index contributed by atoms with van der Waals surface area (Å²) in [5.74, 6) is 1.44. The summed E-state index contributed by atoms with van der Waals surface area (Å²) < 4.78 is 5.03. The Bertz CT molecular complexity index is 111. The summed E-state index contributed by atoms with van der Waals surface area (Å²) in [6, 6.07) is 0. The Morgan fingerprint density at radius 1 is 1.45 bits per heavy atom. The molecule has 0 amide bonds. The van der Waals surface area contributed by atoms with E-state index < -0.39 is 5.60 Å². The molecule has 0 aromatic rings. The maximum Gasteiger partial charge on any atom is 0.0620 e. The first-order valence-electron chi connectivity index (χ1n) is 4.19. The van der Waals surface area contributed by atoms with Crippen molar-refractivity contribution in [3.8, 4) is 0 Å². The van der Waals surface area contributed by atoms with E-state index in [-0.39, 0.29) is 0 Å². The molecule has 0 aromatic heterocycles. The van der Waals surface area contributed by atoms with Gasteiger partial charge in [-0.15, -0.1) is 0 Å². The van der Waals surface area contributed by atoms with Gasteiger partial charge < -0.3 is 9.84 Å². The fourth-order valence-electron chi connectivity index (χ4n) is 1.49. The van der Waals surface area contributed by atoms with Gasteiger partial charge in [0.15, 0.2) is 0 Å². The molecule has 0 bridgehead atoms. The molecule has 2 heteroatoms. The Hall–Kier alpha value is -0.0800. The third kappa shape index (κ3) is 2.80. The lowest BCUT2D eigenvalue weighted by molar-refractivity contribution is 0.0219. The first-order valence-corrected chi connectivity index (χ1v) is 4.19. The molecule has 1 saturated carbocycles. The minimum absolute atomic E-state index is 0.419. The molecule has 1 rings (SSSR count). The van der Waals surface area contributed by atoms with E-state index in [9.17, 15) is 5.11 Å². The smallest absolute Gasteiger partial charge is 0.0620 e. The Labute approximate surface area is 68.6 Å². The molecule has 1 N–H and O–H groups in total. The summed E-state index contributed by atoms with van der Waals surface area (Å²) in [6.07, 6.45) is 3.85. The molecule has 1 aliphatic rings. The SMILES string of the molecule is COC[C]1CCC(C)(O)CC1. The van der Waals surface area contributed by atoms with E-state index in [1.807, 2.05) is 6.92 Å². The van der Waals surface area contributed by atoms with Crippen molar-refractivity contribution >= 4 is 0 Å². The second kappa shape index (κ2) is 3.55. The highest BCUT2D eigenvalue weighted by Crippen LogP contribution is 2.32. The van der Waals surface area contributed by atoms with Crippen LogP contribution >= 0.6 is 0 Å². The Balaban J connectivity index is 2.25. The lowest BCUT2D eigenvalue weighted by Gasteiger charge is -2.32. The van der Waals surface area contributed by atoms with Crippen LogP contribution in [0.2, 0.25) is 0 Å². The molecule has 11 heavy (non-hydrogen) atoms. The van der Waals surface area contributed by atoms with E-state index in [2.05, 4.69) is 0 Å². The van der Waals surface area contributed by atoms with Crippen LogP contribution in [0.3, 0.4) is 0 Å². The highest BCUT2D eigenvalue weighted by atomic mass is 16.5. The maximum atomic E-state index is 9.61. The molecule has 0 heterocycles. The van der Waals surface area contributed by atoms with E-state index in [0.29, 0.717) is 0 Å². The molecule has 2 nitrogen and oxygen atoms in total. The van der Waals surface area contributed by atoms with Crippen molar-refractivity contribution in [2.45, 2.75) is 38.2 Å². The van der Waals surface area contributed by atoms with Gasteiger partial charge in [0.2, 0.25) is 0 Å². The van der Waals surface area contributed by atoms with Gasteiger partial charge in [-0.3, -0.25) is 0 Å². The van der Waals surface area contributed by atoms with E-state index in [1.165, 1.54) is 5.92 Å². The molecule has 0 saturated heterocycles. The number of methoxy groups -OCH3 is 1. The zero-order valence-corrected chi connectivity index (χ0v) is 7.39. The first kappa shape index (κ1) is 9.01. The zero-order chi connectivity index (χ0) is 8.32. The van der Waals surface area contributed by atoms with Crippen LogP contribution in [-0.4, -0.2) is 24.4 Å². The molecule has 0 aromatic carbocycles. The van der Waals surface area contributed by atoms with Gasteiger partial charge in [0.25, 0.3) is 0 Å². The van der Waals surface area contributed by atoms with Crippen molar-refractivity contribution in [1.29, 1.82) is 0 Å². The Morgan fingerprint density at radius 3 is 2.45 bits per heavy atom. The normalized spacial score (nSPS) is 25.4.